The van der Waals surface area contributed by atoms with Crippen LogP contribution in [0.15, 0.2) is 0 Å². The van der Waals surface area contributed by atoms with Gasteiger partial charge in [-0.05, 0) is 6.42 Å². The normalized spacial score (nSPS) is 20.4. The topological polar surface area (TPSA) is 61.8 Å². The summed E-state index contributed by atoms with van der Waals surface area (Å²) in [6.07, 6.45) is 1.23. The molecule has 0 aromatic rings. The highest BCUT2D eigenvalue weighted by Crippen LogP contribution is 2.35. The summed E-state index contributed by atoms with van der Waals surface area (Å²) >= 11 is 0. The Labute approximate surface area is 109 Å². The van der Waals surface area contributed by atoms with Crippen LogP contribution in [0.5, 0.6) is 0 Å². The van der Waals surface area contributed by atoms with Crippen molar-refractivity contribution in [2.45, 2.75) is 46.2 Å². The van der Waals surface area contributed by atoms with Crippen LogP contribution in [-0.2, 0) is 23.2 Å². The molecule has 1 aliphatic rings. The van der Waals surface area contributed by atoms with Crippen molar-refractivity contribution in [3.8, 4) is 0 Å². The summed E-state index contributed by atoms with van der Waals surface area (Å²) in [5.74, 6) is -0.673. The predicted octanol–water partition coefficient (Wildman–Crippen LogP) is 2.00. The fourth-order valence-electron chi connectivity index (χ4n) is 1.87. The van der Waals surface area contributed by atoms with Crippen molar-refractivity contribution in [2.24, 2.45) is 5.41 Å². The molecular formula is C12H22O5Si. The number of carbonyl (C=O) groups excluding carboxylic acids is 2. The Hall–Kier alpha value is -0.883. The predicted molar refractivity (Wildman–Crippen MR) is 68.1 cm³/mol. The van der Waals surface area contributed by atoms with Crippen LogP contribution >= 0.6 is 0 Å². The molecule has 0 spiro atoms. The molecule has 1 heterocycles. The maximum absolute atomic E-state index is 11.9. The summed E-state index contributed by atoms with van der Waals surface area (Å²) < 4.78 is 15.8. The lowest BCUT2D eigenvalue weighted by atomic mass is 9.80. The van der Waals surface area contributed by atoms with Gasteiger partial charge in [-0.1, -0.05) is 13.8 Å². The van der Waals surface area contributed by atoms with E-state index in [1.54, 1.807) is 6.55 Å². The maximum Gasteiger partial charge on any atom is 0.460 e. The van der Waals surface area contributed by atoms with Gasteiger partial charge in [0.25, 0.3) is 11.9 Å². The van der Waals surface area contributed by atoms with Crippen LogP contribution in [0.1, 0.15) is 33.6 Å². The van der Waals surface area contributed by atoms with Gasteiger partial charge in [0.1, 0.15) is 0 Å². The molecule has 1 fully saturated rings. The average Bonchev–Trinajstić information content (AvgIpc) is 2.22. The molecule has 1 atom stereocenters. The molecule has 18 heavy (non-hydrogen) atoms. The third-order valence-corrected chi connectivity index (χ3v) is 6.08. The second kappa shape index (κ2) is 5.84. The number of ether oxygens (including phenoxy) is 1. The van der Waals surface area contributed by atoms with Crippen LogP contribution in [0.3, 0.4) is 0 Å². The summed E-state index contributed by atoms with van der Waals surface area (Å²) in [6.45, 7) is 8.19. The highest BCUT2D eigenvalue weighted by Gasteiger charge is 2.43. The van der Waals surface area contributed by atoms with Crippen LogP contribution in [0.2, 0.25) is 12.6 Å². The van der Waals surface area contributed by atoms with Crippen molar-refractivity contribution in [3.63, 3.8) is 0 Å². The minimum absolute atomic E-state index is 0.0731. The van der Waals surface area contributed by atoms with E-state index < -0.39 is 14.5 Å². The van der Waals surface area contributed by atoms with Crippen LogP contribution < -0.4 is 0 Å². The van der Waals surface area contributed by atoms with E-state index in [9.17, 15) is 9.59 Å². The highest BCUT2D eigenvalue weighted by molar-refractivity contribution is 6.68. The second-order valence-corrected chi connectivity index (χ2v) is 8.46. The molecule has 1 rings (SSSR count). The third kappa shape index (κ3) is 3.81. The van der Waals surface area contributed by atoms with Crippen LogP contribution in [-0.4, -0.2) is 33.7 Å². The molecule has 104 valence electrons. The molecule has 0 saturated carbocycles. The van der Waals surface area contributed by atoms with Gasteiger partial charge in [-0.2, -0.15) is 0 Å². The van der Waals surface area contributed by atoms with Crippen molar-refractivity contribution in [2.75, 3.05) is 13.2 Å². The lowest BCUT2D eigenvalue weighted by Gasteiger charge is -2.40. The summed E-state index contributed by atoms with van der Waals surface area (Å²) in [7, 11) is -2.69. The Morgan fingerprint density at radius 3 is 2.22 bits per heavy atom. The van der Waals surface area contributed by atoms with Crippen molar-refractivity contribution in [3.05, 3.63) is 0 Å². The van der Waals surface area contributed by atoms with Gasteiger partial charge in [-0.15, -0.1) is 0 Å². The lowest BCUT2D eigenvalue weighted by Crippen LogP contribution is -2.47. The molecule has 0 amide bonds. The first-order valence-corrected chi connectivity index (χ1v) is 8.86. The minimum Gasteiger partial charge on any atom is -0.485 e. The molecule has 0 aromatic heterocycles. The first-order chi connectivity index (χ1) is 8.35. The van der Waals surface area contributed by atoms with Gasteiger partial charge in [0.2, 0.25) is 0 Å². The zero-order chi connectivity index (χ0) is 13.8. The standard InChI is InChI=1S/C12H22O5Si/c1-5-12(8-15-9-12)7-11(14)17-18(4,6-2)16-10(3)13/h5-9H2,1-4H3. The number of hydrogen-bond donors (Lipinski definition) is 0. The Bertz CT molecular complexity index is 321. The quantitative estimate of drug-likeness (QED) is 0.693. The monoisotopic (exact) mass is 274 g/mol. The van der Waals surface area contributed by atoms with Crippen molar-refractivity contribution >= 4 is 20.5 Å². The molecule has 1 saturated heterocycles. The number of carbonyl (C=O) groups is 2. The molecule has 5 nitrogen and oxygen atoms in total. The molecule has 6 heteroatoms. The van der Waals surface area contributed by atoms with Gasteiger partial charge in [-0.25, -0.2) is 0 Å². The Balaban J connectivity index is 2.54. The molecule has 1 unspecified atom stereocenters. The summed E-state index contributed by atoms with van der Waals surface area (Å²) in [5.41, 5.74) is -0.0731. The van der Waals surface area contributed by atoms with E-state index in [4.69, 9.17) is 13.6 Å². The lowest BCUT2D eigenvalue weighted by molar-refractivity contribution is -0.157. The smallest absolute Gasteiger partial charge is 0.460 e. The van der Waals surface area contributed by atoms with E-state index in [0.29, 0.717) is 25.7 Å². The summed E-state index contributed by atoms with van der Waals surface area (Å²) in [4.78, 5) is 22.9. The molecular weight excluding hydrogens is 252 g/mol. The van der Waals surface area contributed by atoms with Gasteiger partial charge in [0.15, 0.2) is 0 Å². The van der Waals surface area contributed by atoms with E-state index >= 15 is 0 Å². The van der Waals surface area contributed by atoms with E-state index in [1.807, 2.05) is 13.8 Å². The molecule has 1 aliphatic heterocycles. The van der Waals surface area contributed by atoms with Gasteiger partial charge in [0, 0.05) is 24.9 Å². The van der Waals surface area contributed by atoms with Crippen molar-refractivity contribution in [1.82, 2.24) is 0 Å². The van der Waals surface area contributed by atoms with Gasteiger partial charge in [0.05, 0.1) is 19.6 Å². The van der Waals surface area contributed by atoms with Crippen LogP contribution in [0.4, 0.5) is 0 Å². The van der Waals surface area contributed by atoms with Crippen LogP contribution in [0, 0.1) is 5.41 Å². The SMILES string of the molecule is CCC1(CC(=O)O[Si](C)(CC)OC(C)=O)COC1. The number of rotatable bonds is 6. The van der Waals surface area contributed by atoms with Gasteiger partial charge >= 0.3 is 8.56 Å². The molecule has 0 bridgehead atoms. The van der Waals surface area contributed by atoms with Crippen molar-refractivity contribution < 1.29 is 23.2 Å². The minimum atomic E-state index is -2.69. The summed E-state index contributed by atoms with van der Waals surface area (Å²) in [5, 5.41) is 0. The maximum atomic E-state index is 11.9. The summed E-state index contributed by atoms with van der Waals surface area (Å²) in [6, 6.07) is 0.563. The van der Waals surface area contributed by atoms with Gasteiger partial charge in [-0.3, -0.25) is 9.59 Å². The highest BCUT2D eigenvalue weighted by atomic mass is 28.4. The van der Waals surface area contributed by atoms with E-state index in [-0.39, 0.29) is 11.4 Å². The second-order valence-electron chi connectivity index (χ2n) is 5.08. The first-order valence-electron chi connectivity index (χ1n) is 6.34. The Morgan fingerprint density at radius 1 is 1.28 bits per heavy atom. The van der Waals surface area contributed by atoms with Crippen molar-refractivity contribution in [1.29, 1.82) is 0 Å². The molecule has 0 radical (unpaired) electrons. The van der Waals surface area contributed by atoms with E-state index in [2.05, 4.69) is 0 Å². The zero-order valence-electron chi connectivity index (χ0n) is 11.6. The molecule has 0 aromatic carbocycles. The molecule has 0 N–H and O–H groups in total. The number of hydrogen-bond acceptors (Lipinski definition) is 5. The third-order valence-electron chi connectivity index (χ3n) is 3.42. The Morgan fingerprint density at radius 2 is 1.89 bits per heavy atom. The first kappa shape index (κ1) is 15.2. The van der Waals surface area contributed by atoms with E-state index in [0.717, 1.165) is 6.42 Å². The average molecular weight is 274 g/mol. The van der Waals surface area contributed by atoms with E-state index in [1.165, 1.54) is 6.92 Å². The van der Waals surface area contributed by atoms with Crippen LogP contribution in [0.25, 0.3) is 0 Å². The Kier molecular flexibility index (Phi) is 4.92. The largest absolute Gasteiger partial charge is 0.485 e. The molecule has 0 aliphatic carbocycles. The fourth-order valence-corrected chi connectivity index (χ4v) is 3.37. The fraction of sp³-hybridized carbons (Fsp3) is 0.833. The zero-order valence-corrected chi connectivity index (χ0v) is 12.6. The van der Waals surface area contributed by atoms with Gasteiger partial charge < -0.3 is 13.6 Å².